The summed E-state index contributed by atoms with van der Waals surface area (Å²) in [5.74, 6) is -0.0602. The summed E-state index contributed by atoms with van der Waals surface area (Å²) in [5, 5.41) is 0. The van der Waals surface area contributed by atoms with Gasteiger partial charge in [-0.1, -0.05) is 6.08 Å². The van der Waals surface area contributed by atoms with E-state index in [-0.39, 0.29) is 11.7 Å². The van der Waals surface area contributed by atoms with Crippen LogP contribution in [-0.4, -0.2) is 0 Å². The van der Waals surface area contributed by atoms with Gasteiger partial charge in [0.1, 0.15) is 11.6 Å². The summed E-state index contributed by atoms with van der Waals surface area (Å²) in [7, 11) is 0. The van der Waals surface area contributed by atoms with Gasteiger partial charge >= 0.3 is 0 Å². The first-order chi connectivity index (χ1) is 8.11. The summed E-state index contributed by atoms with van der Waals surface area (Å²) < 4.78 is 26.9. The zero-order valence-electron chi connectivity index (χ0n) is 10.2. The molecule has 0 aliphatic heterocycles. The van der Waals surface area contributed by atoms with Crippen LogP contribution in [0.4, 0.5) is 8.78 Å². The average Bonchev–Trinajstić information content (AvgIpc) is 2.28. The Morgan fingerprint density at radius 3 is 2.35 bits per heavy atom. The van der Waals surface area contributed by atoms with Gasteiger partial charge in [0.05, 0.1) is 0 Å². The van der Waals surface area contributed by atoms with Crippen molar-refractivity contribution in [3.05, 3.63) is 47.5 Å². The van der Waals surface area contributed by atoms with Gasteiger partial charge in [0, 0.05) is 6.07 Å². The minimum absolute atomic E-state index is 0.242. The standard InChI is InChI=1S/C15H18F2/c1-3-11-4-6-12(7-5-11)15-10(2)8-13(16)9-14(15)17/h3,8-9,11-12H,1,4-7H2,2H3. The van der Waals surface area contributed by atoms with E-state index in [0.29, 0.717) is 11.5 Å². The molecular formula is C15H18F2. The molecule has 1 aromatic carbocycles. The van der Waals surface area contributed by atoms with Crippen molar-refractivity contribution < 1.29 is 8.78 Å². The Balaban J connectivity index is 2.21. The van der Waals surface area contributed by atoms with Gasteiger partial charge in [0.15, 0.2) is 0 Å². The minimum Gasteiger partial charge on any atom is -0.207 e. The second kappa shape index (κ2) is 4.99. The lowest BCUT2D eigenvalue weighted by Gasteiger charge is -2.28. The third-order valence-corrected chi connectivity index (χ3v) is 3.81. The fourth-order valence-corrected chi connectivity index (χ4v) is 2.87. The second-order valence-corrected chi connectivity index (χ2v) is 4.97. The van der Waals surface area contributed by atoms with Crippen LogP contribution in [0, 0.1) is 24.5 Å². The van der Waals surface area contributed by atoms with Crippen LogP contribution >= 0.6 is 0 Å². The zero-order valence-corrected chi connectivity index (χ0v) is 10.2. The van der Waals surface area contributed by atoms with E-state index in [1.165, 1.54) is 6.07 Å². The van der Waals surface area contributed by atoms with Crippen LogP contribution in [0.2, 0.25) is 0 Å². The molecule has 0 bridgehead atoms. The zero-order chi connectivity index (χ0) is 12.4. The van der Waals surface area contributed by atoms with Gasteiger partial charge in [-0.05, 0) is 61.6 Å². The molecule has 2 heteroatoms. The van der Waals surface area contributed by atoms with Crippen molar-refractivity contribution in [2.75, 3.05) is 0 Å². The number of hydrogen-bond donors (Lipinski definition) is 0. The van der Waals surface area contributed by atoms with Gasteiger partial charge < -0.3 is 0 Å². The fraction of sp³-hybridized carbons (Fsp3) is 0.467. The molecule has 0 N–H and O–H groups in total. The van der Waals surface area contributed by atoms with E-state index in [2.05, 4.69) is 6.58 Å². The average molecular weight is 236 g/mol. The molecule has 0 aromatic heterocycles. The first-order valence-corrected chi connectivity index (χ1v) is 6.20. The highest BCUT2D eigenvalue weighted by molar-refractivity contribution is 5.32. The van der Waals surface area contributed by atoms with E-state index in [1.807, 2.05) is 6.08 Å². The number of allylic oxidation sites excluding steroid dienone is 1. The van der Waals surface area contributed by atoms with Crippen molar-refractivity contribution in [2.45, 2.75) is 38.5 Å². The molecule has 0 radical (unpaired) electrons. The van der Waals surface area contributed by atoms with Gasteiger partial charge in [0.25, 0.3) is 0 Å². The van der Waals surface area contributed by atoms with E-state index in [4.69, 9.17) is 0 Å². The molecule has 0 heterocycles. The molecule has 17 heavy (non-hydrogen) atoms. The number of aryl methyl sites for hydroxylation is 1. The molecule has 0 saturated heterocycles. The van der Waals surface area contributed by atoms with Crippen LogP contribution in [0.5, 0.6) is 0 Å². The van der Waals surface area contributed by atoms with Crippen LogP contribution in [0.1, 0.15) is 42.7 Å². The highest BCUT2D eigenvalue weighted by Gasteiger charge is 2.24. The van der Waals surface area contributed by atoms with Crippen molar-refractivity contribution >= 4 is 0 Å². The van der Waals surface area contributed by atoms with Crippen molar-refractivity contribution in [2.24, 2.45) is 5.92 Å². The van der Waals surface area contributed by atoms with Crippen LogP contribution in [0.15, 0.2) is 24.8 Å². The normalized spacial score (nSPS) is 24.6. The fourth-order valence-electron chi connectivity index (χ4n) is 2.87. The number of halogens is 2. The van der Waals surface area contributed by atoms with Crippen molar-refractivity contribution in [1.82, 2.24) is 0 Å². The van der Waals surface area contributed by atoms with Gasteiger partial charge in [0.2, 0.25) is 0 Å². The molecular weight excluding hydrogens is 218 g/mol. The SMILES string of the molecule is C=CC1CCC(c2c(C)cc(F)cc2F)CC1. The molecule has 1 fully saturated rings. The summed E-state index contributed by atoms with van der Waals surface area (Å²) in [6.07, 6.45) is 6.05. The van der Waals surface area contributed by atoms with Crippen LogP contribution in [-0.2, 0) is 0 Å². The predicted molar refractivity (Wildman–Crippen MR) is 66.0 cm³/mol. The first-order valence-electron chi connectivity index (χ1n) is 6.20. The second-order valence-electron chi connectivity index (χ2n) is 4.97. The van der Waals surface area contributed by atoms with Gasteiger partial charge in [-0.3, -0.25) is 0 Å². The molecule has 1 aliphatic carbocycles. The highest BCUT2D eigenvalue weighted by atomic mass is 19.1. The lowest BCUT2D eigenvalue weighted by molar-refractivity contribution is 0.367. The number of hydrogen-bond acceptors (Lipinski definition) is 0. The van der Waals surface area contributed by atoms with Crippen molar-refractivity contribution in [1.29, 1.82) is 0 Å². The Bertz CT molecular complexity index is 392. The highest BCUT2D eigenvalue weighted by Crippen LogP contribution is 2.38. The Kier molecular flexibility index (Phi) is 3.60. The molecule has 0 atom stereocenters. The summed E-state index contributed by atoms with van der Waals surface area (Å²) in [6, 6.07) is 2.43. The Hall–Kier alpha value is -1.18. The molecule has 0 unspecified atom stereocenters. The maximum absolute atomic E-state index is 13.8. The van der Waals surface area contributed by atoms with Crippen LogP contribution in [0.25, 0.3) is 0 Å². The maximum atomic E-state index is 13.8. The Morgan fingerprint density at radius 1 is 1.18 bits per heavy atom. The predicted octanol–water partition coefficient (Wildman–Crippen LogP) is 4.73. The molecule has 1 saturated carbocycles. The Morgan fingerprint density at radius 2 is 1.82 bits per heavy atom. The van der Waals surface area contributed by atoms with Gasteiger partial charge in [-0.2, -0.15) is 0 Å². The van der Waals surface area contributed by atoms with Crippen molar-refractivity contribution in [3.63, 3.8) is 0 Å². The van der Waals surface area contributed by atoms with Crippen LogP contribution in [0.3, 0.4) is 0 Å². The number of benzene rings is 1. The largest absolute Gasteiger partial charge is 0.207 e. The quantitative estimate of drug-likeness (QED) is 0.651. The molecule has 0 spiro atoms. The molecule has 2 rings (SSSR count). The van der Waals surface area contributed by atoms with E-state index in [9.17, 15) is 8.78 Å². The van der Waals surface area contributed by atoms with E-state index >= 15 is 0 Å². The lowest BCUT2D eigenvalue weighted by Crippen LogP contribution is -2.14. The van der Waals surface area contributed by atoms with Crippen LogP contribution < -0.4 is 0 Å². The number of rotatable bonds is 2. The summed E-state index contributed by atoms with van der Waals surface area (Å²) in [6.45, 7) is 5.60. The van der Waals surface area contributed by atoms with E-state index in [0.717, 1.165) is 37.3 Å². The monoisotopic (exact) mass is 236 g/mol. The molecule has 92 valence electrons. The summed E-state index contributed by atoms with van der Waals surface area (Å²) in [4.78, 5) is 0. The van der Waals surface area contributed by atoms with E-state index in [1.54, 1.807) is 6.92 Å². The molecule has 0 amide bonds. The summed E-state index contributed by atoms with van der Waals surface area (Å²) in [5.41, 5.74) is 1.46. The summed E-state index contributed by atoms with van der Waals surface area (Å²) >= 11 is 0. The maximum Gasteiger partial charge on any atom is 0.129 e. The first kappa shape index (κ1) is 12.3. The minimum atomic E-state index is -0.483. The molecule has 1 aliphatic rings. The Labute approximate surface area is 101 Å². The molecule has 1 aromatic rings. The smallest absolute Gasteiger partial charge is 0.129 e. The van der Waals surface area contributed by atoms with Crippen molar-refractivity contribution in [3.8, 4) is 0 Å². The topological polar surface area (TPSA) is 0 Å². The lowest BCUT2D eigenvalue weighted by atomic mass is 9.77. The third kappa shape index (κ3) is 2.56. The van der Waals surface area contributed by atoms with E-state index < -0.39 is 5.82 Å². The van der Waals surface area contributed by atoms with Gasteiger partial charge in [-0.15, -0.1) is 6.58 Å². The van der Waals surface area contributed by atoms with Gasteiger partial charge in [-0.25, -0.2) is 8.78 Å². The molecule has 0 nitrogen and oxygen atoms in total. The third-order valence-electron chi connectivity index (χ3n) is 3.81.